The quantitative estimate of drug-likeness (QED) is 0.682. The SMILES string of the molecule is COCC1(CN[C@@H]2CC2c2ccccc2)CCN(C2(CC(=O)O)CCC2)CC1. The van der Waals surface area contributed by atoms with Crippen LogP contribution in [0.3, 0.4) is 0 Å². The molecule has 1 aromatic carbocycles. The highest BCUT2D eigenvalue weighted by Crippen LogP contribution is 2.45. The summed E-state index contributed by atoms with van der Waals surface area (Å²) in [5.41, 5.74) is 1.53. The van der Waals surface area contributed by atoms with Crippen LogP contribution < -0.4 is 5.32 Å². The van der Waals surface area contributed by atoms with Crippen LogP contribution in [0.1, 0.15) is 56.4 Å². The molecule has 1 saturated heterocycles. The van der Waals surface area contributed by atoms with E-state index in [1.165, 1.54) is 12.0 Å². The van der Waals surface area contributed by atoms with Gasteiger partial charge in [-0.2, -0.15) is 0 Å². The van der Waals surface area contributed by atoms with Gasteiger partial charge in [0.2, 0.25) is 0 Å². The summed E-state index contributed by atoms with van der Waals surface area (Å²) < 4.78 is 5.62. The molecule has 3 fully saturated rings. The van der Waals surface area contributed by atoms with Crippen molar-refractivity contribution in [1.82, 2.24) is 10.2 Å². The first-order valence-electron chi connectivity index (χ1n) is 10.8. The molecule has 28 heavy (non-hydrogen) atoms. The van der Waals surface area contributed by atoms with Gasteiger partial charge in [0.05, 0.1) is 13.0 Å². The van der Waals surface area contributed by atoms with Gasteiger partial charge >= 0.3 is 5.97 Å². The average molecular weight is 387 g/mol. The zero-order valence-electron chi connectivity index (χ0n) is 17.0. The van der Waals surface area contributed by atoms with Gasteiger partial charge in [0.15, 0.2) is 0 Å². The molecule has 2 atom stereocenters. The molecular formula is C23H34N2O3. The average Bonchev–Trinajstić information content (AvgIpc) is 3.45. The molecule has 2 N–H and O–H groups in total. The summed E-state index contributed by atoms with van der Waals surface area (Å²) in [5, 5.41) is 13.2. The van der Waals surface area contributed by atoms with Crippen molar-refractivity contribution >= 4 is 5.97 Å². The van der Waals surface area contributed by atoms with E-state index in [0.717, 1.165) is 58.3 Å². The molecule has 4 rings (SSSR count). The Hall–Kier alpha value is -1.43. The fourth-order valence-corrected chi connectivity index (χ4v) is 5.44. The zero-order valence-corrected chi connectivity index (χ0v) is 17.0. The lowest BCUT2D eigenvalue weighted by Crippen LogP contribution is -2.59. The van der Waals surface area contributed by atoms with Gasteiger partial charge in [-0.1, -0.05) is 30.3 Å². The summed E-state index contributed by atoms with van der Waals surface area (Å²) in [7, 11) is 1.80. The second kappa shape index (κ2) is 8.13. The third kappa shape index (κ3) is 4.12. The Kier molecular flexibility index (Phi) is 5.77. The Morgan fingerprint density at radius 2 is 1.93 bits per heavy atom. The number of carbonyl (C=O) groups is 1. The number of piperidine rings is 1. The summed E-state index contributed by atoms with van der Waals surface area (Å²) >= 11 is 0. The lowest BCUT2D eigenvalue weighted by Gasteiger charge is -2.54. The van der Waals surface area contributed by atoms with Gasteiger partial charge in [-0.05, 0) is 57.2 Å². The predicted octanol–water partition coefficient (Wildman–Crippen LogP) is 3.26. The molecular weight excluding hydrogens is 352 g/mol. The maximum Gasteiger partial charge on any atom is 0.305 e. The van der Waals surface area contributed by atoms with Gasteiger partial charge in [0.1, 0.15) is 0 Å². The third-order valence-corrected chi connectivity index (χ3v) is 7.47. The molecule has 1 unspecified atom stereocenters. The molecule has 2 aliphatic carbocycles. The zero-order chi connectivity index (χ0) is 19.6. The fraction of sp³-hybridized carbons (Fsp3) is 0.696. The van der Waals surface area contributed by atoms with E-state index >= 15 is 0 Å². The first-order valence-corrected chi connectivity index (χ1v) is 10.8. The number of rotatable bonds is 9. The minimum atomic E-state index is -0.657. The van der Waals surface area contributed by atoms with Gasteiger partial charge < -0.3 is 15.2 Å². The van der Waals surface area contributed by atoms with Crippen LogP contribution in [0.25, 0.3) is 0 Å². The number of benzene rings is 1. The van der Waals surface area contributed by atoms with Crippen LogP contribution >= 0.6 is 0 Å². The fourth-order valence-electron chi connectivity index (χ4n) is 5.44. The highest BCUT2D eigenvalue weighted by molar-refractivity contribution is 5.68. The minimum Gasteiger partial charge on any atom is -0.481 e. The Morgan fingerprint density at radius 3 is 2.50 bits per heavy atom. The predicted molar refractivity (Wildman–Crippen MR) is 110 cm³/mol. The largest absolute Gasteiger partial charge is 0.481 e. The van der Waals surface area contributed by atoms with E-state index in [2.05, 4.69) is 40.5 Å². The van der Waals surface area contributed by atoms with E-state index in [-0.39, 0.29) is 11.0 Å². The van der Waals surface area contributed by atoms with Crippen molar-refractivity contribution in [1.29, 1.82) is 0 Å². The molecule has 1 aliphatic heterocycles. The number of carboxylic acid groups (broad SMARTS) is 1. The van der Waals surface area contributed by atoms with E-state index in [9.17, 15) is 9.90 Å². The normalized spacial score (nSPS) is 28.5. The summed E-state index contributed by atoms with van der Waals surface area (Å²) in [4.78, 5) is 13.8. The number of ether oxygens (including phenoxy) is 1. The maximum absolute atomic E-state index is 11.4. The van der Waals surface area contributed by atoms with Crippen molar-refractivity contribution in [2.24, 2.45) is 5.41 Å². The standard InChI is InChI=1S/C23H34N2O3/c1-28-17-22(16-24-20-14-19(20)18-6-3-2-4-7-18)10-12-25(13-11-22)23(8-5-9-23)15-21(26)27/h2-4,6-7,19-20,24H,5,8-17H2,1H3,(H,26,27)/t19?,20-/m1/s1. The van der Waals surface area contributed by atoms with Crippen LogP contribution in [-0.2, 0) is 9.53 Å². The van der Waals surface area contributed by atoms with E-state index in [1.807, 2.05) is 0 Å². The molecule has 3 aliphatic rings. The molecule has 0 spiro atoms. The van der Waals surface area contributed by atoms with Crippen LogP contribution in [0, 0.1) is 5.41 Å². The number of hydrogen-bond donors (Lipinski definition) is 2. The minimum absolute atomic E-state index is 0.0760. The smallest absolute Gasteiger partial charge is 0.305 e. The lowest BCUT2D eigenvalue weighted by atomic mass is 9.70. The van der Waals surface area contributed by atoms with Crippen molar-refractivity contribution in [3.05, 3.63) is 35.9 Å². The number of carboxylic acids is 1. The van der Waals surface area contributed by atoms with E-state index < -0.39 is 5.97 Å². The Morgan fingerprint density at radius 1 is 1.21 bits per heavy atom. The lowest BCUT2D eigenvalue weighted by molar-refractivity contribution is -0.144. The second-order valence-electron chi connectivity index (χ2n) is 9.31. The van der Waals surface area contributed by atoms with Crippen molar-refractivity contribution in [2.45, 2.75) is 62.4 Å². The molecule has 5 nitrogen and oxygen atoms in total. The third-order valence-electron chi connectivity index (χ3n) is 7.47. The molecule has 1 aromatic rings. The Bertz CT molecular complexity index is 666. The van der Waals surface area contributed by atoms with E-state index in [1.54, 1.807) is 7.11 Å². The summed E-state index contributed by atoms with van der Waals surface area (Å²) in [6, 6.07) is 11.4. The van der Waals surface area contributed by atoms with Crippen molar-refractivity contribution in [2.75, 3.05) is 33.4 Å². The van der Waals surface area contributed by atoms with Crippen molar-refractivity contribution < 1.29 is 14.6 Å². The molecule has 0 bridgehead atoms. The monoisotopic (exact) mass is 386 g/mol. The van der Waals surface area contributed by atoms with Crippen LogP contribution in [0.5, 0.6) is 0 Å². The van der Waals surface area contributed by atoms with Crippen LogP contribution in [0.2, 0.25) is 0 Å². The highest BCUT2D eigenvalue weighted by Gasteiger charge is 2.48. The van der Waals surface area contributed by atoms with Crippen LogP contribution in [0.4, 0.5) is 0 Å². The first-order chi connectivity index (χ1) is 13.6. The molecule has 0 radical (unpaired) electrons. The number of aliphatic carboxylic acids is 1. The summed E-state index contributed by atoms with van der Waals surface area (Å²) in [6.07, 6.45) is 6.92. The Balaban J connectivity index is 1.32. The van der Waals surface area contributed by atoms with E-state index in [4.69, 9.17) is 4.74 Å². The molecule has 2 saturated carbocycles. The van der Waals surface area contributed by atoms with Crippen LogP contribution in [-0.4, -0.2) is 60.9 Å². The number of methoxy groups -OCH3 is 1. The molecule has 0 amide bonds. The maximum atomic E-state index is 11.4. The van der Waals surface area contributed by atoms with Crippen molar-refractivity contribution in [3.8, 4) is 0 Å². The van der Waals surface area contributed by atoms with Gasteiger partial charge in [-0.3, -0.25) is 9.69 Å². The first kappa shape index (κ1) is 19.9. The van der Waals surface area contributed by atoms with Crippen molar-refractivity contribution in [3.63, 3.8) is 0 Å². The number of nitrogens with one attached hydrogen (secondary N) is 1. The topological polar surface area (TPSA) is 61.8 Å². The molecule has 154 valence electrons. The number of likely N-dealkylation sites (tertiary alicyclic amines) is 1. The molecule has 1 heterocycles. The van der Waals surface area contributed by atoms with Crippen LogP contribution in [0.15, 0.2) is 30.3 Å². The summed E-state index contributed by atoms with van der Waals surface area (Å²) in [5.74, 6) is -0.00882. The van der Waals surface area contributed by atoms with Gasteiger partial charge in [-0.15, -0.1) is 0 Å². The Labute approximate surface area is 168 Å². The molecule has 0 aromatic heterocycles. The van der Waals surface area contributed by atoms with Gasteiger partial charge in [-0.25, -0.2) is 0 Å². The van der Waals surface area contributed by atoms with Gasteiger partial charge in [0, 0.05) is 36.6 Å². The van der Waals surface area contributed by atoms with Gasteiger partial charge in [0.25, 0.3) is 0 Å². The van der Waals surface area contributed by atoms with E-state index in [0.29, 0.717) is 18.4 Å². The second-order valence-corrected chi connectivity index (χ2v) is 9.31. The molecule has 5 heteroatoms. The number of nitrogens with zero attached hydrogens (tertiary/aromatic N) is 1. The highest BCUT2D eigenvalue weighted by atomic mass is 16.5. The number of hydrogen-bond acceptors (Lipinski definition) is 4. The summed E-state index contributed by atoms with van der Waals surface area (Å²) in [6.45, 7) is 3.76.